The summed E-state index contributed by atoms with van der Waals surface area (Å²) < 4.78 is 9.60. The lowest BCUT2D eigenvalue weighted by molar-refractivity contribution is -0.123. The highest BCUT2D eigenvalue weighted by molar-refractivity contribution is 5.97. The van der Waals surface area contributed by atoms with E-state index < -0.39 is 24.6 Å². The second-order valence-electron chi connectivity index (χ2n) is 5.34. The third kappa shape index (κ3) is 4.31. The second kappa shape index (κ2) is 7.76. The van der Waals surface area contributed by atoms with E-state index in [0.29, 0.717) is 5.56 Å². The van der Waals surface area contributed by atoms with Crippen LogP contribution in [0, 0.1) is 34.6 Å². The molecule has 0 saturated heterocycles. The standard InChI is InChI=1S/C17H23NO5/c1-7-22-17(21)18-14(19)8-23-16(20)15-12(5)10(3)9(2)11(4)13(15)6/h7-8H2,1-6H3,(H,18,19,21). The largest absolute Gasteiger partial charge is 0.452 e. The normalized spacial score (nSPS) is 10.2. The first-order chi connectivity index (χ1) is 10.7. The van der Waals surface area contributed by atoms with Gasteiger partial charge in [-0.05, 0) is 69.4 Å². The summed E-state index contributed by atoms with van der Waals surface area (Å²) in [5.74, 6) is -1.31. The zero-order valence-electron chi connectivity index (χ0n) is 14.5. The van der Waals surface area contributed by atoms with E-state index in [0.717, 1.165) is 27.8 Å². The van der Waals surface area contributed by atoms with Crippen molar-refractivity contribution in [3.63, 3.8) is 0 Å². The SMILES string of the molecule is CCOC(=O)NC(=O)COC(=O)c1c(C)c(C)c(C)c(C)c1C. The first kappa shape index (κ1) is 18.7. The van der Waals surface area contributed by atoms with E-state index in [9.17, 15) is 14.4 Å². The number of alkyl carbamates (subject to hydrolysis) is 1. The number of esters is 1. The fraction of sp³-hybridized carbons (Fsp3) is 0.471. The van der Waals surface area contributed by atoms with Crippen molar-refractivity contribution in [2.75, 3.05) is 13.2 Å². The summed E-state index contributed by atoms with van der Waals surface area (Å²) >= 11 is 0. The monoisotopic (exact) mass is 321 g/mol. The molecule has 0 aromatic heterocycles. The van der Waals surface area contributed by atoms with Gasteiger partial charge in [-0.2, -0.15) is 0 Å². The van der Waals surface area contributed by atoms with Gasteiger partial charge >= 0.3 is 12.1 Å². The van der Waals surface area contributed by atoms with Crippen LogP contribution in [0.1, 0.15) is 45.1 Å². The van der Waals surface area contributed by atoms with Crippen molar-refractivity contribution in [1.82, 2.24) is 5.32 Å². The topological polar surface area (TPSA) is 81.7 Å². The summed E-state index contributed by atoms with van der Waals surface area (Å²) in [5, 5.41) is 1.97. The lowest BCUT2D eigenvalue weighted by atomic mass is 9.90. The van der Waals surface area contributed by atoms with E-state index in [-0.39, 0.29) is 6.61 Å². The molecule has 0 unspecified atom stereocenters. The van der Waals surface area contributed by atoms with Gasteiger partial charge in [0.05, 0.1) is 12.2 Å². The van der Waals surface area contributed by atoms with Crippen LogP contribution in [-0.2, 0) is 14.3 Å². The van der Waals surface area contributed by atoms with Crippen molar-refractivity contribution >= 4 is 18.0 Å². The van der Waals surface area contributed by atoms with Crippen molar-refractivity contribution < 1.29 is 23.9 Å². The molecule has 2 amide bonds. The van der Waals surface area contributed by atoms with Crippen LogP contribution >= 0.6 is 0 Å². The number of hydrogen-bond donors (Lipinski definition) is 1. The third-order valence-corrected chi connectivity index (χ3v) is 4.06. The van der Waals surface area contributed by atoms with Crippen LogP contribution in [0.5, 0.6) is 0 Å². The Morgan fingerprint density at radius 2 is 1.30 bits per heavy atom. The fourth-order valence-electron chi connectivity index (χ4n) is 2.33. The average Bonchev–Trinajstić information content (AvgIpc) is 2.49. The molecule has 23 heavy (non-hydrogen) atoms. The molecule has 6 nitrogen and oxygen atoms in total. The van der Waals surface area contributed by atoms with E-state index in [4.69, 9.17) is 4.74 Å². The molecule has 1 aromatic rings. The molecule has 0 bridgehead atoms. The van der Waals surface area contributed by atoms with E-state index in [2.05, 4.69) is 4.74 Å². The molecular weight excluding hydrogens is 298 g/mol. The highest BCUT2D eigenvalue weighted by atomic mass is 16.6. The van der Waals surface area contributed by atoms with Gasteiger partial charge in [0.1, 0.15) is 0 Å². The van der Waals surface area contributed by atoms with Crippen molar-refractivity contribution in [3.05, 3.63) is 33.4 Å². The molecule has 0 heterocycles. The Kier molecular flexibility index (Phi) is 6.30. The van der Waals surface area contributed by atoms with Crippen LogP contribution in [0.2, 0.25) is 0 Å². The van der Waals surface area contributed by atoms with Gasteiger partial charge in [0.25, 0.3) is 5.91 Å². The molecule has 6 heteroatoms. The number of hydrogen-bond acceptors (Lipinski definition) is 5. The van der Waals surface area contributed by atoms with Gasteiger partial charge < -0.3 is 9.47 Å². The predicted molar refractivity (Wildman–Crippen MR) is 85.6 cm³/mol. The molecule has 0 saturated carbocycles. The summed E-state index contributed by atoms with van der Waals surface area (Å²) in [6, 6.07) is 0. The maximum Gasteiger partial charge on any atom is 0.413 e. The summed E-state index contributed by atoms with van der Waals surface area (Å²) in [7, 11) is 0. The minimum Gasteiger partial charge on any atom is -0.452 e. The van der Waals surface area contributed by atoms with E-state index in [1.54, 1.807) is 6.92 Å². The smallest absolute Gasteiger partial charge is 0.413 e. The Morgan fingerprint density at radius 1 is 0.826 bits per heavy atom. The lowest BCUT2D eigenvalue weighted by Crippen LogP contribution is -2.34. The van der Waals surface area contributed by atoms with Crippen LogP contribution in [0.15, 0.2) is 0 Å². The Balaban J connectivity index is 2.84. The fourth-order valence-corrected chi connectivity index (χ4v) is 2.33. The molecule has 1 rings (SSSR count). The molecule has 0 aliphatic carbocycles. The van der Waals surface area contributed by atoms with Gasteiger partial charge in [0, 0.05) is 0 Å². The second-order valence-corrected chi connectivity index (χ2v) is 5.34. The minimum atomic E-state index is -0.858. The van der Waals surface area contributed by atoms with Gasteiger partial charge in [-0.1, -0.05) is 0 Å². The Bertz CT molecular complexity index is 620. The summed E-state index contributed by atoms with van der Waals surface area (Å²) in [4.78, 5) is 34.9. The van der Waals surface area contributed by atoms with Crippen molar-refractivity contribution in [2.24, 2.45) is 0 Å². The molecule has 0 radical (unpaired) electrons. The van der Waals surface area contributed by atoms with Gasteiger partial charge in [0.2, 0.25) is 0 Å². The van der Waals surface area contributed by atoms with Crippen LogP contribution in [-0.4, -0.2) is 31.2 Å². The quantitative estimate of drug-likeness (QED) is 0.862. The van der Waals surface area contributed by atoms with Crippen LogP contribution in [0.4, 0.5) is 4.79 Å². The predicted octanol–water partition coefficient (Wildman–Crippen LogP) is 2.66. The Labute approximate surface area is 136 Å². The first-order valence-corrected chi connectivity index (χ1v) is 7.41. The number of amides is 2. The molecule has 1 aromatic carbocycles. The van der Waals surface area contributed by atoms with Crippen LogP contribution in [0.25, 0.3) is 0 Å². The van der Waals surface area contributed by atoms with Crippen LogP contribution < -0.4 is 5.32 Å². The number of nitrogens with one attached hydrogen (secondary N) is 1. The van der Waals surface area contributed by atoms with E-state index in [1.165, 1.54) is 0 Å². The number of rotatable bonds is 4. The molecule has 0 aliphatic heterocycles. The third-order valence-electron chi connectivity index (χ3n) is 4.06. The van der Waals surface area contributed by atoms with Gasteiger partial charge in [-0.15, -0.1) is 0 Å². The first-order valence-electron chi connectivity index (χ1n) is 7.41. The molecular formula is C17H23NO5. The maximum absolute atomic E-state index is 12.3. The molecule has 0 aliphatic rings. The Hall–Kier alpha value is -2.37. The van der Waals surface area contributed by atoms with Crippen molar-refractivity contribution in [3.8, 4) is 0 Å². The lowest BCUT2D eigenvalue weighted by Gasteiger charge is -2.17. The maximum atomic E-state index is 12.3. The number of benzene rings is 1. The number of carbonyl (C=O) groups is 3. The van der Waals surface area contributed by atoms with E-state index >= 15 is 0 Å². The molecule has 0 spiro atoms. The highest BCUT2D eigenvalue weighted by Gasteiger charge is 2.20. The van der Waals surface area contributed by atoms with Crippen LogP contribution in [0.3, 0.4) is 0 Å². The van der Waals surface area contributed by atoms with Crippen molar-refractivity contribution in [2.45, 2.75) is 41.5 Å². The molecule has 126 valence electrons. The number of carbonyl (C=O) groups excluding carboxylic acids is 3. The van der Waals surface area contributed by atoms with E-state index in [1.807, 2.05) is 39.9 Å². The summed E-state index contributed by atoms with van der Waals surface area (Å²) in [6.07, 6.45) is -0.858. The molecule has 0 atom stereocenters. The zero-order chi connectivity index (χ0) is 17.7. The van der Waals surface area contributed by atoms with Gasteiger partial charge in [-0.3, -0.25) is 10.1 Å². The van der Waals surface area contributed by atoms with Crippen molar-refractivity contribution in [1.29, 1.82) is 0 Å². The average molecular weight is 321 g/mol. The molecule has 1 N–H and O–H groups in total. The summed E-state index contributed by atoms with van der Waals surface area (Å²) in [5.41, 5.74) is 5.32. The van der Waals surface area contributed by atoms with Gasteiger partial charge in [-0.25, -0.2) is 9.59 Å². The summed E-state index contributed by atoms with van der Waals surface area (Å²) in [6.45, 7) is 10.8. The zero-order valence-corrected chi connectivity index (χ0v) is 14.5. The van der Waals surface area contributed by atoms with Gasteiger partial charge in [0.15, 0.2) is 6.61 Å². The Morgan fingerprint density at radius 3 is 1.78 bits per heavy atom. The molecule has 0 fully saturated rings. The minimum absolute atomic E-state index is 0.152. The number of imide groups is 1. The number of ether oxygens (including phenoxy) is 2. The highest BCUT2D eigenvalue weighted by Crippen LogP contribution is 2.26.